The Morgan fingerprint density at radius 2 is 1.79 bits per heavy atom. The fourth-order valence-corrected chi connectivity index (χ4v) is 2.56. The van der Waals surface area contributed by atoms with Crippen molar-refractivity contribution in [1.82, 2.24) is 9.97 Å². The molecule has 1 aromatic heterocycles. The lowest BCUT2D eigenvalue weighted by atomic mass is 10.1. The normalized spacial score (nSPS) is 11.2. The molecule has 0 spiro atoms. The molecule has 0 aliphatic carbocycles. The van der Waals surface area contributed by atoms with Crippen LogP contribution in [0.3, 0.4) is 0 Å². The smallest absolute Gasteiger partial charge is 0.378 e. The van der Waals surface area contributed by atoms with Gasteiger partial charge in [0.2, 0.25) is 5.95 Å². The van der Waals surface area contributed by atoms with Crippen molar-refractivity contribution in [2.75, 3.05) is 29.6 Å². The first-order valence-corrected chi connectivity index (χ1v) is 8.59. The Hall–Kier alpha value is -3.29. The summed E-state index contributed by atoms with van der Waals surface area (Å²) in [5.74, 6) is 0.906. The lowest BCUT2D eigenvalue weighted by Gasteiger charge is -2.14. The van der Waals surface area contributed by atoms with E-state index in [-0.39, 0.29) is 6.54 Å². The molecule has 5 nitrogen and oxygen atoms in total. The minimum atomic E-state index is -4.36. The van der Waals surface area contributed by atoms with Gasteiger partial charge in [0.15, 0.2) is 0 Å². The van der Waals surface area contributed by atoms with Crippen LogP contribution in [0.1, 0.15) is 11.1 Å². The van der Waals surface area contributed by atoms with Crippen molar-refractivity contribution in [2.45, 2.75) is 12.7 Å². The second kappa shape index (κ2) is 8.16. The van der Waals surface area contributed by atoms with Gasteiger partial charge >= 0.3 is 6.18 Å². The Morgan fingerprint density at radius 1 is 1.00 bits per heavy atom. The summed E-state index contributed by atoms with van der Waals surface area (Å²) >= 11 is 0. The largest absolute Gasteiger partial charge is 0.416 e. The second-order valence-corrected chi connectivity index (χ2v) is 6.39. The second-order valence-electron chi connectivity index (χ2n) is 6.39. The van der Waals surface area contributed by atoms with Gasteiger partial charge in [-0.3, -0.25) is 0 Å². The first-order chi connectivity index (χ1) is 13.3. The fraction of sp³-hybridized carbons (Fsp3) is 0.200. The summed E-state index contributed by atoms with van der Waals surface area (Å²) in [4.78, 5) is 10.5. The number of benzene rings is 2. The van der Waals surface area contributed by atoms with Crippen LogP contribution in [-0.2, 0) is 12.7 Å². The molecule has 0 unspecified atom stereocenters. The minimum absolute atomic E-state index is 0.219. The summed E-state index contributed by atoms with van der Waals surface area (Å²) in [7, 11) is 3.90. The highest BCUT2D eigenvalue weighted by Gasteiger charge is 2.30. The Bertz CT molecular complexity index is 941. The number of alkyl halides is 3. The summed E-state index contributed by atoms with van der Waals surface area (Å²) in [6.45, 7) is 0.219. The highest BCUT2D eigenvalue weighted by Crippen LogP contribution is 2.29. The molecular formula is C20H20F3N5. The zero-order valence-corrected chi connectivity index (χ0v) is 15.5. The molecule has 3 aromatic rings. The molecule has 0 saturated heterocycles. The SMILES string of the molecule is CN(C)c1cccc(Nc2nccc(NCc3cccc(C(F)(F)F)c3)n2)c1. The first-order valence-electron chi connectivity index (χ1n) is 8.59. The van der Waals surface area contributed by atoms with E-state index in [1.54, 1.807) is 18.3 Å². The molecule has 2 aromatic carbocycles. The summed E-state index contributed by atoms with van der Waals surface area (Å²) in [5, 5.41) is 6.16. The maximum absolute atomic E-state index is 12.8. The molecule has 0 amide bonds. The third-order valence-electron chi connectivity index (χ3n) is 4.00. The third kappa shape index (κ3) is 5.12. The van der Waals surface area contributed by atoms with Gasteiger partial charge in [-0.05, 0) is 42.0 Å². The molecule has 8 heteroatoms. The third-order valence-corrected chi connectivity index (χ3v) is 4.00. The Labute approximate surface area is 161 Å². The number of nitrogens with zero attached hydrogens (tertiary/aromatic N) is 3. The monoisotopic (exact) mass is 387 g/mol. The number of halogens is 3. The number of aromatic nitrogens is 2. The maximum Gasteiger partial charge on any atom is 0.416 e. The highest BCUT2D eigenvalue weighted by atomic mass is 19.4. The molecule has 0 aliphatic rings. The van der Waals surface area contributed by atoms with Crippen LogP contribution < -0.4 is 15.5 Å². The first kappa shape index (κ1) is 19.5. The van der Waals surface area contributed by atoms with Gasteiger partial charge in [-0.25, -0.2) is 4.98 Å². The Morgan fingerprint density at radius 3 is 2.54 bits per heavy atom. The lowest BCUT2D eigenvalue weighted by Crippen LogP contribution is -2.09. The minimum Gasteiger partial charge on any atom is -0.378 e. The van der Waals surface area contributed by atoms with Crippen molar-refractivity contribution < 1.29 is 13.2 Å². The lowest BCUT2D eigenvalue weighted by molar-refractivity contribution is -0.137. The van der Waals surface area contributed by atoms with Crippen LogP contribution in [0.15, 0.2) is 60.8 Å². The van der Waals surface area contributed by atoms with Gasteiger partial charge in [0.05, 0.1) is 5.56 Å². The van der Waals surface area contributed by atoms with Gasteiger partial charge in [-0.15, -0.1) is 0 Å². The number of nitrogens with one attached hydrogen (secondary N) is 2. The zero-order valence-electron chi connectivity index (χ0n) is 15.5. The van der Waals surface area contributed by atoms with Crippen LogP contribution in [0.25, 0.3) is 0 Å². The zero-order chi connectivity index (χ0) is 20.1. The van der Waals surface area contributed by atoms with E-state index < -0.39 is 11.7 Å². The van der Waals surface area contributed by atoms with Gasteiger partial charge in [0.25, 0.3) is 0 Å². The van der Waals surface area contributed by atoms with Crippen LogP contribution in [0.4, 0.5) is 36.3 Å². The average Bonchev–Trinajstić information content (AvgIpc) is 2.66. The molecule has 0 aliphatic heterocycles. The fourth-order valence-electron chi connectivity index (χ4n) is 2.56. The van der Waals surface area contributed by atoms with Crippen LogP contribution in [-0.4, -0.2) is 24.1 Å². The van der Waals surface area contributed by atoms with Crippen LogP contribution in [0.5, 0.6) is 0 Å². The van der Waals surface area contributed by atoms with E-state index in [1.165, 1.54) is 6.07 Å². The molecule has 0 bridgehead atoms. The van der Waals surface area contributed by atoms with E-state index in [0.717, 1.165) is 23.5 Å². The van der Waals surface area contributed by atoms with E-state index in [2.05, 4.69) is 20.6 Å². The summed E-state index contributed by atoms with van der Waals surface area (Å²) in [5.41, 5.74) is 1.71. The molecule has 0 saturated carbocycles. The quantitative estimate of drug-likeness (QED) is 0.629. The van der Waals surface area contributed by atoms with E-state index in [9.17, 15) is 13.2 Å². The highest BCUT2D eigenvalue weighted by molar-refractivity contribution is 5.62. The van der Waals surface area contributed by atoms with Crippen molar-refractivity contribution in [2.24, 2.45) is 0 Å². The average molecular weight is 387 g/mol. The Kier molecular flexibility index (Phi) is 5.67. The predicted molar refractivity (Wildman–Crippen MR) is 105 cm³/mol. The Balaban J connectivity index is 1.68. The van der Waals surface area contributed by atoms with E-state index in [1.807, 2.05) is 43.3 Å². The van der Waals surface area contributed by atoms with E-state index in [4.69, 9.17) is 0 Å². The van der Waals surface area contributed by atoms with Gasteiger partial charge < -0.3 is 15.5 Å². The molecule has 0 atom stereocenters. The number of hydrogen-bond donors (Lipinski definition) is 2. The molecule has 1 heterocycles. The molecule has 0 radical (unpaired) electrons. The summed E-state index contributed by atoms with van der Waals surface area (Å²) in [6.07, 6.45) is -2.78. The number of hydrogen-bond acceptors (Lipinski definition) is 5. The van der Waals surface area contributed by atoms with Crippen LogP contribution in [0, 0.1) is 0 Å². The molecule has 3 rings (SSSR count). The summed E-state index contributed by atoms with van der Waals surface area (Å²) in [6, 6.07) is 14.6. The van der Waals surface area contributed by atoms with Crippen molar-refractivity contribution >= 4 is 23.1 Å². The van der Waals surface area contributed by atoms with Gasteiger partial charge in [-0.2, -0.15) is 18.2 Å². The molecule has 146 valence electrons. The standard InChI is InChI=1S/C20H20F3N5/c1-28(2)17-8-4-7-16(12-17)26-19-24-10-9-18(27-19)25-13-14-5-3-6-15(11-14)20(21,22)23/h3-12H,13H2,1-2H3,(H2,24,25,26,27). The molecular weight excluding hydrogens is 367 g/mol. The molecule has 2 N–H and O–H groups in total. The van der Waals surface area contributed by atoms with E-state index in [0.29, 0.717) is 17.3 Å². The molecule has 0 fully saturated rings. The predicted octanol–water partition coefficient (Wildman–Crippen LogP) is 4.92. The van der Waals surface area contributed by atoms with E-state index >= 15 is 0 Å². The summed E-state index contributed by atoms with van der Waals surface area (Å²) < 4.78 is 38.5. The number of anilines is 4. The number of rotatable bonds is 6. The van der Waals surface area contributed by atoms with Crippen molar-refractivity contribution in [3.05, 3.63) is 71.9 Å². The topological polar surface area (TPSA) is 53.1 Å². The van der Waals surface area contributed by atoms with Gasteiger partial charge in [-0.1, -0.05) is 18.2 Å². The van der Waals surface area contributed by atoms with Crippen LogP contribution in [0.2, 0.25) is 0 Å². The maximum atomic E-state index is 12.8. The van der Waals surface area contributed by atoms with Crippen molar-refractivity contribution in [3.8, 4) is 0 Å². The van der Waals surface area contributed by atoms with Gasteiger partial charge in [0, 0.05) is 38.2 Å². The molecule has 28 heavy (non-hydrogen) atoms. The van der Waals surface area contributed by atoms with Gasteiger partial charge in [0.1, 0.15) is 5.82 Å². The van der Waals surface area contributed by atoms with Crippen LogP contribution >= 0.6 is 0 Å². The van der Waals surface area contributed by atoms with Crippen molar-refractivity contribution in [1.29, 1.82) is 0 Å². The van der Waals surface area contributed by atoms with Crippen molar-refractivity contribution in [3.63, 3.8) is 0 Å².